The molecule has 0 aliphatic rings. The number of likely N-dealkylation sites (N-methyl/N-ethyl adjacent to an activating group) is 1. The number of carbonyl (C=O) groups excluding carboxylic acids is 1. The van der Waals surface area contributed by atoms with Crippen LogP contribution in [0.3, 0.4) is 0 Å². The number of para-hydroxylation sites is 1. The minimum Gasteiger partial charge on any atom is -0.311 e. The Morgan fingerprint density at radius 1 is 1.06 bits per heavy atom. The van der Waals surface area contributed by atoms with E-state index in [1.54, 1.807) is 9.58 Å². The lowest BCUT2D eigenvalue weighted by molar-refractivity contribution is -0.119. The van der Waals surface area contributed by atoms with Gasteiger partial charge in [0.1, 0.15) is 18.3 Å². The molecule has 7 heteroatoms. The van der Waals surface area contributed by atoms with Crippen LogP contribution in [0.15, 0.2) is 71.9 Å². The predicted octanol–water partition coefficient (Wildman–Crippen LogP) is 3.76. The lowest BCUT2D eigenvalue weighted by atomic mass is 10.0. The number of nitrogens with zero attached hydrogens (tertiary/aromatic N) is 5. The highest BCUT2D eigenvalue weighted by molar-refractivity contribution is 5.93. The molecular weight excluding hydrogens is 390 g/mol. The number of hydrogen-bond donors (Lipinski definition) is 0. The Labute approximate surface area is 180 Å². The fourth-order valence-electron chi connectivity index (χ4n) is 3.59. The molecule has 0 aliphatic heterocycles. The van der Waals surface area contributed by atoms with E-state index in [4.69, 9.17) is 0 Å². The van der Waals surface area contributed by atoms with Gasteiger partial charge < -0.3 is 4.90 Å². The summed E-state index contributed by atoms with van der Waals surface area (Å²) >= 11 is 0. The Morgan fingerprint density at radius 2 is 1.77 bits per heavy atom. The van der Waals surface area contributed by atoms with E-state index in [2.05, 4.69) is 36.1 Å². The van der Waals surface area contributed by atoms with Crippen molar-refractivity contribution >= 4 is 22.6 Å². The molecule has 2 aromatic carbocycles. The van der Waals surface area contributed by atoms with Crippen molar-refractivity contribution < 1.29 is 4.79 Å². The fourth-order valence-corrected chi connectivity index (χ4v) is 3.59. The van der Waals surface area contributed by atoms with Crippen LogP contribution in [0.5, 0.6) is 0 Å². The lowest BCUT2D eigenvalue weighted by Gasteiger charge is -2.21. The Bertz CT molecular complexity index is 1260. The maximum Gasteiger partial charge on any atom is 0.264 e. The average molecular weight is 415 g/mol. The summed E-state index contributed by atoms with van der Waals surface area (Å²) in [6, 6.07) is 17.5. The van der Waals surface area contributed by atoms with Crippen molar-refractivity contribution in [3.8, 4) is 5.69 Å². The van der Waals surface area contributed by atoms with Gasteiger partial charge in [0, 0.05) is 12.2 Å². The number of benzene rings is 2. The van der Waals surface area contributed by atoms with Gasteiger partial charge >= 0.3 is 0 Å². The van der Waals surface area contributed by atoms with Crippen LogP contribution in [0.1, 0.15) is 32.3 Å². The van der Waals surface area contributed by atoms with Gasteiger partial charge in [0.15, 0.2) is 5.65 Å². The molecular formula is C24H25N5O2. The highest BCUT2D eigenvalue weighted by Crippen LogP contribution is 2.19. The third kappa shape index (κ3) is 3.99. The minimum atomic E-state index is -0.285. The first kappa shape index (κ1) is 20.5. The topological polar surface area (TPSA) is 73.0 Å². The summed E-state index contributed by atoms with van der Waals surface area (Å²) in [5, 5.41) is 4.75. The van der Waals surface area contributed by atoms with Crippen molar-refractivity contribution in [1.29, 1.82) is 0 Å². The second-order valence-electron chi connectivity index (χ2n) is 7.69. The predicted molar refractivity (Wildman–Crippen MR) is 122 cm³/mol. The molecule has 0 atom stereocenters. The van der Waals surface area contributed by atoms with Gasteiger partial charge in [-0.05, 0) is 42.7 Å². The maximum absolute atomic E-state index is 13.0. The zero-order valence-electron chi connectivity index (χ0n) is 17.9. The number of aromatic nitrogens is 4. The molecule has 0 N–H and O–H groups in total. The van der Waals surface area contributed by atoms with E-state index in [1.807, 2.05) is 49.4 Å². The Hall–Kier alpha value is -3.74. The Balaban J connectivity index is 1.63. The van der Waals surface area contributed by atoms with E-state index in [-0.39, 0.29) is 18.0 Å². The molecule has 31 heavy (non-hydrogen) atoms. The molecule has 2 heterocycles. The summed E-state index contributed by atoms with van der Waals surface area (Å²) in [7, 11) is 0. The normalized spacial score (nSPS) is 11.2. The minimum absolute atomic E-state index is 0.0846. The van der Waals surface area contributed by atoms with Crippen LogP contribution in [0.4, 0.5) is 5.69 Å². The van der Waals surface area contributed by atoms with Gasteiger partial charge in [-0.15, -0.1) is 0 Å². The van der Waals surface area contributed by atoms with Crippen LogP contribution >= 0.6 is 0 Å². The molecule has 0 spiro atoms. The summed E-state index contributed by atoms with van der Waals surface area (Å²) in [5.41, 5.74) is 3.05. The standard InChI is InChI=1S/C24H25N5O2/c1-4-28(19-8-6-5-7-9-19)22(30)15-27-16-25-23-21(24(27)31)14-26-29(23)20-12-10-18(11-13-20)17(2)3/h5-14,16-17H,4,15H2,1-3H3. The van der Waals surface area contributed by atoms with Crippen LogP contribution < -0.4 is 10.5 Å². The largest absolute Gasteiger partial charge is 0.311 e. The first-order valence-corrected chi connectivity index (χ1v) is 10.4. The molecule has 158 valence electrons. The number of carbonyl (C=O) groups is 1. The summed E-state index contributed by atoms with van der Waals surface area (Å²) in [6.45, 7) is 6.61. The van der Waals surface area contributed by atoms with Crippen LogP contribution in [0.2, 0.25) is 0 Å². The number of anilines is 1. The number of rotatable bonds is 6. The molecule has 1 amide bonds. The van der Waals surface area contributed by atoms with E-state index in [0.717, 1.165) is 11.4 Å². The van der Waals surface area contributed by atoms with Crippen molar-refractivity contribution in [2.24, 2.45) is 0 Å². The average Bonchev–Trinajstić information content (AvgIpc) is 3.22. The molecule has 7 nitrogen and oxygen atoms in total. The van der Waals surface area contributed by atoms with Gasteiger partial charge in [-0.25, -0.2) is 9.67 Å². The molecule has 0 unspecified atom stereocenters. The summed E-state index contributed by atoms with van der Waals surface area (Å²) in [5.74, 6) is 0.262. The molecule has 0 bridgehead atoms. The first-order valence-electron chi connectivity index (χ1n) is 10.4. The Kier molecular flexibility index (Phi) is 5.66. The van der Waals surface area contributed by atoms with Crippen molar-refractivity contribution in [3.63, 3.8) is 0 Å². The van der Waals surface area contributed by atoms with E-state index >= 15 is 0 Å². The molecule has 4 aromatic rings. The zero-order chi connectivity index (χ0) is 22.0. The molecule has 0 radical (unpaired) electrons. The second-order valence-corrected chi connectivity index (χ2v) is 7.69. The monoisotopic (exact) mass is 415 g/mol. The molecule has 2 aromatic heterocycles. The fraction of sp³-hybridized carbons (Fsp3) is 0.250. The summed E-state index contributed by atoms with van der Waals surface area (Å²) in [6.07, 6.45) is 2.93. The molecule has 0 saturated heterocycles. The molecule has 0 aliphatic carbocycles. The second kappa shape index (κ2) is 8.55. The number of hydrogen-bond acceptors (Lipinski definition) is 4. The van der Waals surface area contributed by atoms with Crippen LogP contribution in [-0.4, -0.2) is 31.8 Å². The molecule has 4 rings (SSSR count). The van der Waals surface area contributed by atoms with Gasteiger partial charge in [0.05, 0.1) is 11.9 Å². The van der Waals surface area contributed by atoms with Gasteiger partial charge in [0.25, 0.3) is 5.56 Å². The van der Waals surface area contributed by atoms with E-state index in [9.17, 15) is 9.59 Å². The lowest BCUT2D eigenvalue weighted by Crippen LogP contribution is -2.36. The quantitative estimate of drug-likeness (QED) is 0.481. The van der Waals surface area contributed by atoms with Crippen LogP contribution in [0.25, 0.3) is 16.7 Å². The van der Waals surface area contributed by atoms with Crippen molar-refractivity contribution in [2.75, 3.05) is 11.4 Å². The van der Waals surface area contributed by atoms with E-state index in [0.29, 0.717) is 23.5 Å². The smallest absolute Gasteiger partial charge is 0.264 e. The van der Waals surface area contributed by atoms with E-state index in [1.165, 1.54) is 22.7 Å². The van der Waals surface area contributed by atoms with Crippen molar-refractivity contribution in [1.82, 2.24) is 19.3 Å². The van der Waals surface area contributed by atoms with Gasteiger partial charge in [-0.3, -0.25) is 14.2 Å². The first-order chi connectivity index (χ1) is 15.0. The van der Waals surface area contributed by atoms with Crippen LogP contribution in [-0.2, 0) is 11.3 Å². The number of amides is 1. The molecule has 0 fully saturated rings. The third-order valence-electron chi connectivity index (χ3n) is 5.35. The van der Waals surface area contributed by atoms with E-state index < -0.39 is 0 Å². The highest BCUT2D eigenvalue weighted by Gasteiger charge is 2.17. The SMILES string of the molecule is CCN(C(=O)Cn1cnc2c(cnn2-c2ccc(C(C)C)cc2)c1=O)c1ccccc1. The zero-order valence-corrected chi connectivity index (χ0v) is 17.9. The maximum atomic E-state index is 13.0. The number of fused-ring (bicyclic) bond motifs is 1. The highest BCUT2D eigenvalue weighted by atomic mass is 16.2. The van der Waals surface area contributed by atoms with Gasteiger partial charge in [0.2, 0.25) is 5.91 Å². The third-order valence-corrected chi connectivity index (χ3v) is 5.35. The van der Waals surface area contributed by atoms with Gasteiger partial charge in [-0.1, -0.05) is 44.2 Å². The summed E-state index contributed by atoms with van der Waals surface area (Å²) < 4.78 is 2.99. The Morgan fingerprint density at radius 3 is 2.42 bits per heavy atom. The van der Waals surface area contributed by atoms with Crippen LogP contribution in [0, 0.1) is 0 Å². The van der Waals surface area contributed by atoms with Crippen molar-refractivity contribution in [2.45, 2.75) is 33.2 Å². The molecule has 0 saturated carbocycles. The van der Waals surface area contributed by atoms with Gasteiger partial charge in [-0.2, -0.15) is 5.10 Å². The summed E-state index contributed by atoms with van der Waals surface area (Å²) in [4.78, 5) is 32.0. The van der Waals surface area contributed by atoms with Crippen molar-refractivity contribution in [3.05, 3.63) is 83.0 Å².